The number of β-amino-alcohol motifs (C(OH)–C–C–N with tert-alkyl or cyclic N) is 1. The van der Waals surface area contributed by atoms with Crippen LogP contribution in [0.2, 0.25) is 0 Å². The van der Waals surface area contributed by atoms with Gasteiger partial charge in [0.2, 0.25) is 0 Å². The quantitative estimate of drug-likeness (QED) is 0.839. The third-order valence-electron chi connectivity index (χ3n) is 4.02. The molecule has 2 atom stereocenters. The molecule has 0 aromatic heterocycles. The van der Waals surface area contributed by atoms with Crippen LogP contribution in [0.25, 0.3) is 0 Å². The van der Waals surface area contributed by atoms with E-state index in [1.54, 1.807) is 19.1 Å². The van der Waals surface area contributed by atoms with Gasteiger partial charge in [0, 0.05) is 19.1 Å². The fourth-order valence-corrected chi connectivity index (χ4v) is 2.64. The van der Waals surface area contributed by atoms with Crippen molar-refractivity contribution in [2.45, 2.75) is 38.8 Å². The lowest BCUT2D eigenvalue weighted by atomic mass is 10.1. The number of aryl methyl sites for hydroxylation is 1. The molecular weight excluding hydrogens is 255 g/mol. The lowest BCUT2D eigenvalue weighted by Crippen LogP contribution is -2.37. The molecule has 0 saturated carbocycles. The van der Waals surface area contributed by atoms with Crippen molar-refractivity contribution in [1.29, 1.82) is 0 Å². The number of benzene rings is 1. The Morgan fingerprint density at radius 1 is 1.35 bits per heavy atom. The highest BCUT2D eigenvalue weighted by Crippen LogP contribution is 2.16. The average Bonchev–Trinajstić information content (AvgIpc) is 2.92. The lowest BCUT2D eigenvalue weighted by Gasteiger charge is -2.22. The molecule has 2 unspecified atom stereocenters. The Kier molecular flexibility index (Phi) is 5.52. The molecule has 1 saturated heterocycles. The van der Waals surface area contributed by atoms with Crippen molar-refractivity contribution in [3.63, 3.8) is 0 Å². The first kappa shape index (κ1) is 15.4. The minimum absolute atomic E-state index is 0.0401. The molecule has 1 aliphatic rings. The van der Waals surface area contributed by atoms with Gasteiger partial charge < -0.3 is 15.3 Å². The third kappa shape index (κ3) is 4.27. The molecule has 0 spiro atoms. The summed E-state index contributed by atoms with van der Waals surface area (Å²) in [6.45, 7) is 7.20. The number of likely N-dealkylation sites (tertiary alicyclic amines) is 1. The molecule has 3 nitrogen and oxygen atoms in total. The second kappa shape index (κ2) is 7.16. The Morgan fingerprint density at radius 3 is 2.70 bits per heavy atom. The maximum Gasteiger partial charge on any atom is 0.126 e. The van der Waals surface area contributed by atoms with Crippen LogP contribution in [0.15, 0.2) is 18.2 Å². The van der Waals surface area contributed by atoms with Crippen molar-refractivity contribution >= 4 is 0 Å². The third-order valence-corrected chi connectivity index (χ3v) is 4.02. The molecule has 1 aromatic carbocycles. The van der Waals surface area contributed by atoms with Gasteiger partial charge in [-0.3, -0.25) is 0 Å². The van der Waals surface area contributed by atoms with E-state index in [4.69, 9.17) is 0 Å². The van der Waals surface area contributed by atoms with Gasteiger partial charge in [-0.25, -0.2) is 4.39 Å². The zero-order valence-corrected chi connectivity index (χ0v) is 12.4. The van der Waals surface area contributed by atoms with Gasteiger partial charge in [0.15, 0.2) is 0 Å². The molecule has 0 bridgehead atoms. The minimum Gasteiger partial charge on any atom is -0.390 e. The molecule has 1 aromatic rings. The van der Waals surface area contributed by atoms with E-state index in [2.05, 4.69) is 10.2 Å². The molecule has 1 heterocycles. The Balaban J connectivity index is 1.78. The first-order valence-electron chi connectivity index (χ1n) is 7.46. The molecule has 1 fully saturated rings. The molecule has 20 heavy (non-hydrogen) atoms. The Hall–Kier alpha value is -0.970. The summed E-state index contributed by atoms with van der Waals surface area (Å²) in [5.74, 6) is -0.172. The highest BCUT2D eigenvalue weighted by Gasteiger charge is 2.16. The highest BCUT2D eigenvalue weighted by atomic mass is 19.1. The molecule has 0 aliphatic carbocycles. The Labute approximate surface area is 120 Å². The first-order chi connectivity index (χ1) is 9.56. The summed E-state index contributed by atoms with van der Waals surface area (Å²) in [6, 6.07) is 5.34. The summed E-state index contributed by atoms with van der Waals surface area (Å²) in [4.78, 5) is 2.29. The van der Waals surface area contributed by atoms with E-state index >= 15 is 0 Å². The van der Waals surface area contributed by atoms with Crippen LogP contribution >= 0.6 is 0 Å². The van der Waals surface area contributed by atoms with E-state index in [0.717, 1.165) is 25.2 Å². The monoisotopic (exact) mass is 280 g/mol. The zero-order chi connectivity index (χ0) is 14.5. The fourth-order valence-electron chi connectivity index (χ4n) is 2.64. The summed E-state index contributed by atoms with van der Waals surface area (Å²) in [7, 11) is 0. The molecule has 0 radical (unpaired) electrons. The number of rotatable bonds is 6. The van der Waals surface area contributed by atoms with E-state index < -0.39 is 0 Å². The van der Waals surface area contributed by atoms with Crippen LogP contribution in [0, 0.1) is 12.7 Å². The van der Waals surface area contributed by atoms with E-state index in [0.29, 0.717) is 12.1 Å². The summed E-state index contributed by atoms with van der Waals surface area (Å²) in [6.07, 6.45) is 2.10. The van der Waals surface area contributed by atoms with Crippen LogP contribution in [0.3, 0.4) is 0 Å². The van der Waals surface area contributed by atoms with Gasteiger partial charge in [-0.15, -0.1) is 0 Å². The van der Waals surface area contributed by atoms with Gasteiger partial charge >= 0.3 is 0 Å². The second-order valence-electron chi connectivity index (χ2n) is 5.80. The van der Waals surface area contributed by atoms with Crippen LogP contribution < -0.4 is 5.32 Å². The normalized spacial score (nSPS) is 19.2. The van der Waals surface area contributed by atoms with Crippen molar-refractivity contribution < 1.29 is 9.50 Å². The van der Waals surface area contributed by atoms with Crippen molar-refractivity contribution in [3.05, 3.63) is 35.1 Å². The summed E-state index contributed by atoms with van der Waals surface area (Å²) in [5, 5.41) is 13.3. The van der Waals surface area contributed by atoms with Gasteiger partial charge in [-0.2, -0.15) is 0 Å². The van der Waals surface area contributed by atoms with Crippen LogP contribution in [-0.4, -0.2) is 42.3 Å². The second-order valence-corrected chi connectivity index (χ2v) is 5.80. The van der Waals surface area contributed by atoms with Crippen LogP contribution in [0.5, 0.6) is 0 Å². The molecule has 4 heteroatoms. The zero-order valence-electron chi connectivity index (χ0n) is 12.4. The van der Waals surface area contributed by atoms with Crippen molar-refractivity contribution in [2.24, 2.45) is 0 Å². The Morgan fingerprint density at radius 2 is 2.05 bits per heavy atom. The molecule has 112 valence electrons. The summed E-state index contributed by atoms with van der Waals surface area (Å²) in [5.41, 5.74) is 1.58. The SMILES string of the molecule is Cc1ccc(C(C)NCC(O)CN2CCCC2)cc1F. The predicted octanol–water partition coefficient (Wildman–Crippen LogP) is 2.24. The lowest BCUT2D eigenvalue weighted by molar-refractivity contribution is 0.121. The smallest absolute Gasteiger partial charge is 0.126 e. The molecule has 1 aliphatic heterocycles. The number of hydrogen-bond acceptors (Lipinski definition) is 3. The van der Waals surface area contributed by atoms with Gasteiger partial charge in [0.1, 0.15) is 5.82 Å². The summed E-state index contributed by atoms with van der Waals surface area (Å²) >= 11 is 0. The fraction of sp³-hybridized carbons (Fsp3) is 0.625. The van der Waals surface area contributed by atoms with Gasteiger partial charge in [-0.1, -0.05) is 12.1 Å². The standard InChI is InChI=1S/C16H25FN2O/c1-12-5-6-14(9-16(12)17)13(2)18-10-15(20)11-19-7-3-4-8-19/h5-6,9,13,15,18,20H,3-4,7-8,10-11H2,1-2H3. The number of halogens is 1. The Bertz CT molecular complexity index is 432. The number of nitrogens with zero attached hydrogens (tertiary/aromatic N) is 1. The maximum absolute atomic E-state index is 13.5. The van der Waals surface area contributed by atoms with Crippen LogP contribution in [-0.2, 0) is 0 Å². The van der Waals surface area contributed by atoms with Gasteiger partial charge in [-0.05, 0) is 57.0 Å². The molecule has 0 amide bonds. The van der Waals surface area contributed by atoms with E-state index in [9.17, 15) is 9.50 Å². The van der Waals surface area contributed by atoms with E-state index in [1.165, 1.54) is 12.8 Å². The largest absolute Gasteiger partial charge is 0.390 e. The number of aliphatic hydroxyl groups excluding tert-OH is 1. The van der Waals surface area contributed by atoms with Crippen LogP contribution in [0.1, 0.15) is 36.9 Å². The van der Waals surface area contributed by atoms with Crippen molar-refractivity contribution in [3.8, 4) is 0 Å². The summed E-state index contributed by atoms with van der Waals surface area (Å²) < 4.78 is 13.5. The average molecular weight is 280 g/mol. The van der Waals surface area contributed by atoms with Crippen LogP contribution in [0.4, 0.5) is 4.39 Å². The number of aliphatic hydroxyl groups is 1. The maximum atomic E-state index is 13.5. The van der Waals surface area contributed by atoms with Crippen molar-refractivity contribution in [1.82, 2.24) is 10.2 Å². The van der Waals surface area contributed by atoms with Gasteiger partial charge in [0.25, 0.3) is 0 Å². The molecule has 2 N–H and O–H groups in total. The topological polar surface area (TPSA) is 35.5 Å². The molecule has 2 rings (SSSR count). The minimum atomic E-state index is -0.370. The van der Waals surface area contributed by atoms with Gasteiger partial charge in [0.05, 0.1) is 6.10 Å². The predicted molar refractivity (Wildman–Crippen MR) is 79.2 cm³/mol. The van der Waals surface area contributed by atoms with Crippen molar-refractivity contribution in [2.75, 3.05) is 26.2 Å². The van der Waals surface area contributed by atoms with E-state index in [1.807, 2.05) is 13.0 Å². The van der Waals surface area contributed by atoms with E-state index in [-0.39, 0.29) is 18.0 Å². The number of hydrogen-bond donors (Lipinski definition) is 2. The highest BCUT2D eigenvalue weighted by molar-refractivity contribution is 5.25. The molecular formula is C16H25FN2O. The number of nitrogens with one attached hydrogen (secondary N) is 1. The first-order valence-corrected chi connectivity index (χ1v) is 7.46.